The van der Waals surface area contributed by atoms with E-state index in [1.165, 1.54) is 17.0 Å². The molecule has 3 rings (SSSR count). The average molecular weight is 348 g/mol. The normalized spacial score (nSPS) is 20.3. The molecule has 0 saturated carbocycles. The lowest BCUT2D eigenvalue weighted by atomic mass is 10.00. The second-order valence-electron chi connectivity index (χ2n) is 6.49. The molecule has 1 aliphatic rings. The summed E-state index contributed by atoms with van der Waals surface area (Å²) >= 11 is 0. The van der Waals surface area contributed by atoms with E-state index in [0.717, 1.165) is 0 Å². The van der Waals surface area contributed by atoms with Gasteiger partial charge in [0.15, 0.2) is 18.2 Å². The maximum Gasteiger partial charge on any atom is 0.260 e. The van der Waals surface area contributed by atoms with Gasteiger partial charge in [0.25, 0.3) is 5.91 Å². The minimum absolute atomic E-state index is 0.0326. The van der Waals surface area contributed by atoms with Gasteiger partial charge in [-0.05, 0) is 26.0 Å². The van der Waals surface area contributed by atoms with Crippen molar-refractivity contribution in [2.24, 2.45) is 0 Å². The van der Waals surface area contributed by atoms with Gasteiger partial charge in [-0.2, -0.15) is 0 Å². The Balaban J connectivity index is 1.61. The molecular formula is C17H21FN4O3. The van der Waals surface area contributed by atoms with E-state index in [1.54, 1.807) is 23.0 Å². The SMILES string of the molecule is CC(C)n1cc(C2(O)CCN(C(=O)COc3ccccc3F)C2)nn1. The van der Waals surface area contributed by atoms with Gasteiger partial charge in [0.2, 0.25) is 0 Å². The Labute approximate surface area is 145 Å². The summed E-state index contributed by atoms with van der Waals surface area (Å²) in [6.07, 6.45) is 2.07. The van der Waals surface area contributed by atoms with E-state index in [-0.39, 0.29) is 30.9 Å². The third-order valence-corrected chi connectivity index (χ3v) is 4.30. The molecular weight excluding hydrogens is 327 g/mol. The zero-order valence-electron chi connectivity index (χ0n) is 14.2. The van der Waals surface area contributed by atoms with Gasteiger partial charge >= 0.3 is 0 Å². The van der Waals surface area contributed by atoms with Crippen LogP contribution in [0.25, 0.3) is 0 Å². The van der Waals surface area contributed by atoms with Crippen molar-refractivity contribution in [1.82, 2.24) is 19.9 Å². The number of rotatable bonds is 5. The number of aromatic nitrogens is 3. The number of ether oxygens (including phenoxy) is 1. The molecule has 0 spiro atoms. The first-order valence-electron chi connectivity index (χ1n) is 8.19. The standard InChI is InChI=1S/C17H21FN4O3/c1-12(2)22-9-15(19-20-22)17(24)7-8-21(11-17)16(23)10-25-14-6-4-3-5-13(14)18/h3-6,9,12,24H,7-8,10-11H2,1-2H3. The van der Waals surface area contributed by atoms with Crippen LogP contribution in [0.3, 0.4) is 0 Å². The van der Waals surface area contributed by atoms with Crippen molar-refractivity contribution in [3.05, 3.63) is 42.0 Å². The van der Waals surface area contributed by atoms with E-state index in [4.69, 9.17) is 4.74 Å². The lowest BCUT2D eigenvalue weighted by molar-refractivity contribution is -0.133. The molecule has 1 aromatic carbocycles. The number of β-amino-alcohol motifs (C(OH)–C–C–N with tert-alkyl or cyclic N) is 1. The number of nitrogens with zero attached hydrogens (tertiary/aromatic N) is 4. The van der Waals surface area contributed by atoms with E-state index in [1.807, 2.05) is 13.8 Å². The van der Waals surface area contributed by atoms with Crippen LogP contribution in [0.15, 0.2) is 30.5 Å². The summed E-state index contributed by atoms with van der Waals surface area (Å²) in [5.41, 5.74) is -0.771. The average Bonchev–Trinajstić information content (AvgIpc) is 3.22. The molecule has 25 heavy (non-hydrogen) atoms. The van der Waals surface area contributed by atoms with Crippen LogP contribution in [0.2, 0.25) is 0 Å². The number of hydrogen-bond donors (Lipinski definition) is 1. The quantitative estimate of drug-likeness (QED) is 0.886. The molecule has 1 amide bonds. The predicted molar refractivity (Wildman–Crippen MR) is 87.4 cm³/mol. The summed E-state index contributed by atoms with van der Waals surface area (Å²) < 4.78 is 20.4. The Morgan fingerprint density at radius 2 is 2.20 bits per heavy atom. The molecule has 0 bridgehead atoms. The second-order valence-corrected chi connectivity index (χ2v) is 6.49. The molecule has 0 aliphatic carbocycles. The number of aliphatic hydroxyl groups is 1. The van der Waals surface area contributed by atoms with E-state index < -0.39 is 11.4 Å². The summed E-state index contributed by atoms with van der Waals surface area (Å²) in [5.74, 6) is -0.792. The Morgan fingerprint density at radius 3 is 2.88 bits per heavy atom. The van der Waals surface area contributed by atoms with Crippen molar-refractivity contribution >= 4 is 5.91 Å². The molecule has 2 heterocycles. The summed E-state index contributed by atoms with van der Waals surface area (Å²) in [4.78, 5) is 13.8. The Morgan fingerprint density at radius 1 is 1.44 bits per heavy atom. The van der Waals surface area contributed by atoms with Crippen LogP contribution < -0.4 is 4.74 Å². The Hall–Kier alpha value is -2.48. The predicted octanol–water partition coefficient (Wildman–Crippen LogP) is 1.50. The largest absolute Gasteiger partial charge is 0.481 e. The van der Waals surface area contributed by atoms with Gasteiger partial charge in [0.1, 0.15) is 11.3 Å². The fraction of sp³-hybridized carbons (Fsp3) is 0.471. The first-order valence-corrected chi connectivity index (χ1v) is 8.19. The zero-order valence-corrected chi connectivity index (χ0v) is 14.2. The number of amides is 1. The highest BCUT2D eigenvalue weighted by atomic mass is 19.1. The number of likely N-dealkylation sites (tertiary alicyclic amines) is 1. The fourth-order valence-corrected chi connectivity index (χ4v) is 2.75. The van der Waals surface area contributed by atoms with Gasteiger partial charge in [0, 0.05) is 19.0 Å². The molecule has 1 saturated heterocycles. The Bertz CT molecular complexity index is 764. The van der Waals surface area contributed by atoms with Crippen LogP contribution in [-0.4, -0.2) is 50.6 Å². The number of benzene rings is 1. The van der Waals surface area contributed by atoms with E-state index in [2.05, 4.69) is 10.3 Å². The molecule has 8 heteroatoms. The highest BCUT2D eigenvalue weighted by Gasteiger charge is 2.42. The maximum atomic E-state index is 13.5. The van der Waals surface area contributed by atoms with Gasteiger partial charge < -0.3 is 14.7 Å². The van der Waals surface area contributed by atoms with Crippen molar-refractivity contribution in [1.29, 1.82) is 0 Å². The third kappa shape index (κ3) is 3.63. The molecule has 2 aromatic rings. The van der Waals surface area contributed by atoms with Gasteiger partial charge in [-0.15, -0.1) is 5.10 Å². The number of hydrogen-bond acceptors (Lipinski definition) is 5. The molecule has 1 N–H and O–H groups in total. The van der Waals surface area contributed by atoms with Gasteiger partial charge in [-0.3, -0.25) is 4.79 Å². The summed E-state index contributed by atoms with van der Waals surface area (Å²) in [6.45, 7) is 4.14. The van der Waals surface area contributed by atoms with Crippen molar-refractivity contribution in [3.8, 4) is 5.75 Å². The van der Waals surface area contributed by atoms with Gasteiger partial charge in [-0.1, -0.05) is 17.3 Å². The lowest BCUT2D eigenvalue weighted by Gasteiger charge is -2.21. The van der Waals surface area contributed by atoms with Crippen LogP contribution in [0.1, 0.15) is 32.0 Å². The molecule has 0 radical (unpaired) electrons. The topological polar surface area (TPSA) is 80.5 Å². The van der Waals surface area contributed by atoms with Crippen LogP contribution in [0, 0.1) is 5.82 Å². The fourth-order valence-electron chi connectivity index (χ4n) is 2.75. The van der Waals surface area contributed by atoms with Gasteiger partial charge in [0.05, 0.1) is 12.7 Å². The van der Waals surface area contributed by atoms with E-state index in [9.17, 15) is 14.3 Å². The van der Waals surface area contributed by atoms with Gasteiger partial charge in [-0.25, -0.2) is 9.07 Å². The molecule has 7 nitrogen and oxygen atoms in total. The molecule has 1 aromatic heterocycles. The lowest BCUT2D eigenvalue weighted by Crippen LogP contribution is -2.37. The summed E-state index contributed by atoms with van der Waals surface area (Å²) in [6, 6.07) is 6.06. The first-order chi connectivity index (χ1) is 11.9. The Kier molecular flexibility index (Phi) is 4.71. The maximum absolute atomic E-state index is 13.5. The molecule has 1 fully saturated rings. The van der Waals surface area contributed by atoms with Crippen LogP contribution in [0.4, 0.5) is 4.39 Å². The van der Waals surface area contributed by atoms with Crippen LogP contribution in [0.5, 0.6) is 5.75 Å². The highest BCUT2D eigenvalue weighted by molar-refractivity contribution is 5.78. The molecule has 134 valence electrons. The van der Waals surface area contributed by atoms with Crippen molar-refractivity contribution in [2.45, 2.75) is 31.9 Å². The number of halogens is 1. The van der Waals surface area contributed by atoms with E-state index in [0.29, 0.717) is 18.7 Å². The molecule has 1 atom stereocenters. The summed E-state index contributed by atoms with van der Waals surface area (Å²) in [7, 11) is 0. The minimum Gasteiger partial charge on any atom is -0.481 e. The van der Waals surface area contributed by atoms with Crippen molar-refractivity contribution in [3.63, 3.8) is 0 Å². The number of carbonyl (C=O) groups excluding carboxylic acids is 1. The monoisotopic (exact) mass is 348 g/mol. The molecule has 1 unspecified atom stereocenters. The van der Waals surface area contributed by atoms with E-state index >= 15 is 0 Å². The first kappa shape index (κ1) is 17.3. The van der Waals surface area contributed by atoms with Crippen LogP contribution in [-0.2, 0) is 10.4 Å². The van der Waals surface area contributed by atoms with Crippen LogP contribution >= 0.6 is 0 Å². The highest BCUT2D eigenvalue weighted by Crippen LogP contribution is 2.31. The second kappa shape index (κ2) is 6.79. The zero-order chi connectivity index (χ0) is 18.0. The minimum atomic E-state index is -1.22. The van der Waals surface area contributed by atoms with Crippen molar-refractivity contribution in [2.75, 3.05) is 19.7 Å². The number of para-hydroxylation sites is 1. The smallest absolute Gasteiger partial charge is 0.260 e. The van der Waals surface area contributed by atoms with Crippen molar-refractivity contribution < 1.29 is 19.0 Å². The summed E-state index contributed by atoms with van der Waals surface area (Å²) in [5, 5.41) is 18.8. The third-order valence-electron chi connectivity index (χ3n) is 4.30. The number of carbonyl (C=O) groups is 1. The molecule has 1 aliphatic heterocycles.